The van der Waals surface area contributed by atoms with E-state index in [9.17, 15) is 4.79 Å². The van der Waals surface area contributed by atoms with Crippen molar-refractivity contribution in [2.45, 2.75) is 6.54 Å². The van der Waals surface area contributed by atoms with Gasteiger partial charge in [0.1, 0.15) is 0 Å². The molecule has 0 atom stereocenters. The standard InChI is InChI=1S/C13H17N3O/c1-16(2)13(17)9-14-8-10-4-3-5-12-11(10)6-7-15-12/h3-7,14-15H,8-9H2,1-2H3. The van der Waals surface area contributed by atoms with Crippen molar-refractivity contribution in [3.05, 3.63) is 36.0 Å². The number of fused-ring (bicyclic) bond motifs is 1. The van der Waals surface area contributed by atoms with Crippen LogP contribution < -0.4 is 5.32 Å². The van der Waals surface area contributed by atoms with Crippen molar-refractivity contribution in [3.8, 4) is 0 Å². The van der Waals surface area contributed by atoms with Gasteiger partial charge in [0.25, 0.3) is 0 Å². The number of likely N-dealkylation sites (N-methyl/N-ethyl adjacent to an activating group) is 1. The number of aromatic nitrogens is 1. The van der Waals surface area contributed by atoms with Gasteiger partial charge in [-0.05, 0) is 17.7 Å². The van der Waals surface area contributed by atoms with Crippen molar-refractivity contribution in [1.82, 2.24) is 15.2 Å². The maximum Gasteiger partial charge on any atom is 0.236 e. The van der Waals surface area contributed by atoms with Crippen LogP contribution in [0.1, 0.15) is 5.56 Å². The molecule has 0 saturated heterocycles. The van der Waals surface area contributed by atoms with Crippen molar-refractivity contribution in [2.24, 2.45) is 0 Å². The smallest absolute Gasteiger partial charge is 0.236 e. The van der Waals surface area contributed by atoms with Gasteiger partial charge in [0.15, 0.2) is 0 Å². The molecule has 0 spiro atoms. The van der Waals surface area contributed by atoms with E-state index in [0.29, 0.717) is 13.1 Å². The number of benzene rings is 1. The van der Waals surface area contributed by atoms with Gasteiger partial charge < -0.3 is 15.2 Å². The van der Waals surface area contributed by atoms with Crippen molar-refractivity contribution in [3.63, 3.8) is 0 Å². The summed E-state index contributed by atoms with van der Waals surface area (Å²) in [6, 6.07) is 8.19. The number of rotatable bonds is 4. The Kier molecular flexibility index (Phi) is 3.44. The van der Waals surface area contributed by atoms with Gasteiger partial charge in [0, 0.05) is 37.7 Å². The van der Waals surface area contributed by atoms with E-state index < -0.39 is 0 Å². The highest BCUT2D eigenvalue weighted by Gasteiger charge is 2.04. The van der Waals surface area contributed by atoms with E-state index in [2.05, 4.69) is 22.4 Å². The molecule has 0 saturated carbocycles. The molecule has 0 aliphatic heterocycles. The minimum absolute atomic E-state index is 0.0891. The Morgan fingerprint density at radius 3 is 2.94 bits per heavy atom. The molecule has 17 heavy (non-hydrogen) atoms. The van der Waals surface area contributed by atoms with Crippen LogP contribution in [0, 0.1) is 0 Å². The van der Waals surface area contributed by atoms with Gasteiger partial charge in [-0.1, -0.05) is 12.1 Å². The largest absolute Gasteiger partial charge is 0.361 e. The normalized spacial score (nSPS) is 10.7. The molecule has 0 radical (unpaired) electrons. The Labute approximate surface area is 101 Å². The molecule has 90 valence electrons. The number of aromatic amines is 1. The highest BCUT2D eigenvalue weighted by Crippen LogP contribution is 2.16. The molecular weight excluding hydrogens is 214 g/mol. The zero-order valence-corrected chi connectivity index (χ0v) is 10.2. The van der Waals surface area contributed by atoms with Crippen LogP contribution in [-0.4, -0.2) is 36.4 Å². The van der Waals surface area contributed by atoms with Crippen LogP contribution in [0.25, 0.3) is 10.9 Å². The van der Waals surface area contributed by atoms with E-state index in [1.807, 2.05) is 18.3 Å². The summed E-state index contributed by atoms with van der Waals surface area (Å²) in [6.07, 6.45) is 1.93. The molecule has 2 aromatic rings. The molecule has 1 heterocycles. The van der Waals surface area contributed by atoms with Crippen LogP contribution in [0.3, 0.4) is 0 Å². The fraction of sp³-hybridized carbons (Fsp3) is 0.308. The lowest BCUT2D eigenvalue weighted by atomic mass is 10.1. The average Bonchev–Trinajstić information content (AvgIpc) is 2.77. The lowest BCUT2D eigenvalue weighted by Crippen LogP contribution is -2.32. The highest BCUT2D eigenvalue weighted by atomic mass is 16.2. The van der Waals surface area contributed by atoms with E-state index in [1.54, 1.807) is 19.0 Å². The molecule has 4 heteroatoms. The molecule has 1 amide bonds. The zero-order chi connectivity index (χ0) is 12.3. The summed E-state index contributed by atoms with van der Waals surface area (Å²) < 4.78 is 0. The molecule has 1 aromatic heterocycles. The quantitative estimate of drug-likeness (QED) is 0.834. The van der Waals surface area contributed by atoms with Crippen LogP contribution in [0.5, 0.6) is 0 Å². The number of nitrogens with zero attached hydrogens (tertiary/aromatic N) is 1. The lowest BCUT2D eigenvalue weighted by Gasteiger charge is -2.11. The van der Waals surface area contributed by atoms with Gasteiger partial charge in [-0.25, -0.2) is 0 Å². The number of carbonyl (C=O) groups is 1. The van der Waals surface area contributed by atoms with Crippen LogP contribution in [0.15, 0.2) is 30.5 Å². The second-order valence-electron chi connectivity index (χ2n) is 4.25. The summed E-state index contributed by atoms with van der Waals surface area (Å²) in [6.45, 7) is 1.07. The van der Waals surface area contributed by atoms with E-state index >= 15 is 0 Å². The van der Waals surface area contributed by atoms with Crippen LogP contribution >= 0.6 is 0 Å². The lowest BCUT2D eigenvalue weighted by molar-refractivity contribution is -0.127. The average molecular weight is 231 g/mol. The number of hydrogen-bond donors (Lipinski definition) is 2. The molecule has 0 unspecified atom stereocenters. The van der Waals surface area contributed by atoms with Crippen molar-refractivity contribution < 1.29 is 4.79 Å². The fourth-order valence-electron chi connectivity index (χ4n) is 1.77. The Hall–Kier alpha value is -1.81. The Morgan fingerprint density at radius 2 is 2.18 bits per heavy atom. The van der Waals surface area contributed by atoms with E-state index in [0.717, 1.165) is 5.52 Å². The first-order chi connectivity index (χ1) is 8.18. The first-order valence-corrected chi connectivity index (χ1v) is 5.64. The van der Waals surface area contributed by atoms with Crippen molar-refractivity contribution >= 4 is 16.8 Å². The van der Waals surface area contributed by atoms with Gasteiger partial charge in [-0.2, -0.15) is 0 Å². The van der Waals surface area contributed by atoms with E-state index in [-0.39, 0.29) is 5.91 Å². The molecule has 0 aliphatic rings. The van der Waals surface area contributed by atoms with Crippen LogP contribution in [0.2, 0.25) is 0 Å². The van der Waals surface area contributed by atoms with E-state index in [1.165, 1.54) is 10.9 Å². The minimum Gasteiger partial charge on any atom is -0.361 e. The maximum absolute atomic E-state index is 11.4. The predicted molar refractivity (Wildman–Crippen MR) is 68.7 cm³/mol. The van der Waals surface area contributed by atoms with Gasteiger partial charge in [-0.3, -0.25) is 4.79 Å². The number of nitrogens with one attached hydrogen (secondary N) is 2. The van der Waals surface area contributed by atoms with Gasteiger partial charge in [0.2, 0.25) is 5.91 Å². The molecular formula is C13H17N3O. The highest BCUT2D eigenvalue weighted by molar-refractivity contribution is 5.83. The topological polar surface area (TPSA) is 48.1 Å². The summed E-state index contributed by atoms with van der Waals surface area (Å²) in [4.78, 5) is 16.2. The van der Waals surface area contributed by atoms with Crippen LogP contribution in [0.4, 0.5) is 0 Å². The first kappa shape index (κ1) is 11.7. The third-order valence-electron chi connectivity index (χ3n) is 2.78. The Balaban J connectivity index is 1.99. The Bertz CT molecular complexity index is 516. The number of H-pyrrole nitrogens is 1. The summed E-state index contributed by atoms with van der Waals surface area (Å²) in [7, 11) is 3.52. The predicted octanol–water partition coefficient (Wildman–Crippen LogP) is 1.35. The Morgan fingerprint density at radius 1 is 1.35 bits per heavy atom. The second kappa shape index (κ2) is 5.01. The van der Waals surface area contributed by atoms with Gasteiger partial charge in [0.05, 0.1) is 6.54 Å². The third-order valence-corrected chi connectivity index (χ3v) is 2.78. The molecule has 4 nitrogen and oxygen atoms in total. The summed E-state index contributed by atoms with van der Waals surface area (Å²) >= 11 is 0. The van der Waals surface area contributed by atoms with Gasteiger partial charge >= 0.3 is 0 Å². The van der Waals surface area contributed by atoms with E-state index in [4.69, 9.17) is 0 Å². The zero-order valence-electron chi connectivity index (χ0n) is 10.2. The monoisotopic (exact) mass is 231 g/mol. The molecule has 0 bridgehead atoms. The molecule has 0 aliphatic carbocycles. The third kappa shape index (κ3) is 2.65. The molecule has 1 aromatic carbocycles. The SMILES string of the molecule is CN(C)C(=O)CNCc1cccc2[nH]ccc12. The van der Waals surface area contributed by atoms with Crippen molar-refractivity contribution in [2.75, 3.05) is 20.6 Å². The van der Waals surface area contributed by atoms with Crippen LogP contribution in [-0.2, 0) is 11.3 Å². The summed E-state index contributed by atoms with van der Waals surface area (Å²) in [5.41, 5.74) is 2.33. The minimum atomic E-state index is 0.0891. The summed E-state index contributed by atoms with van der Waals surface area (Å²) in [5, 5.41) is 4.37. The van der Waals surface area contributed by atoms with Crippen molar-refractivity contribution in [1.29, 1.82) is 0 Å². The molecule has 2 N–H and O–H groups in total. The second-order valence-corrected chi connectivity index (χ2v) is 4.25. The molecule has 0 fully saturated rings. The molecule has 2 rings (SSSR count). The van der Waals surface area contributed by atoms with Gasteiger partial charge in [-0.15, -0.1) is 0 Å². The number of amides is 1. The number of carbonyl (C=O) groups excluding carboxylic acids is 1. The summed E-state index contributed by atoms with van der Waals surface area (Å²) in [5.74, 6) is 0.0891. The first-order valence-electron chi connectivity index (χ1n) is 5.64. The number of hydrogen-bond acceptors (Lipinski definition) is 2. The maximum atomic E-state index is 11.4. The fourth-order valence-corrected chi connectivity index (χ4v) is 1.77.